The van der Waals surface area contributed by atoms with E-state index in [1.165, 1.54) is 0 Å². The molecule has 1 aromatic carbocycles. The largest absolute Gasteiger partial charge is 0.354 e. The summed E-state index contributed by atoms with van der Waals surface area (Å²) in [5.74, 6) is 0.904. The number of benzene rings is 1. The van der Waals surface area contributed by atoms with Crippen LogP contribution >= 0.6 is 0 Å². The molecule has 1 heterocycles. The second kappa shape index (κ2) is 10.3. The van der Waals surface area contributed by atoms with E-state index in [2.05, 4.69) is 41.6 Å². The fourth-order valence-corrected chi connectivity index (χ4v) is 3.86. The molecular formula is C23H36N4O3. The fourth-order valence-electron chi connectivity index (χ4n) is 3.86. The summed E-state index contributed by atoms with van der Waals surface area (Å²) < 4.78 is 12.4. The maximum absolute atomic E-state index is 12.0. The minimum Gasteiger partial charge on any atom is -0.354 e. The van der Waals surface area contributed by atoms with E-state index in [4.69, 9.17) is 9.47 Å². The maximum atomic E-state index is 12.0. The Morgan fingerprint density at radius 1 is 1.27 bits per heavy atom. The number of amides is 1. The topological polar surface area (TPSA) is 75.2 Å². The first-order valence-corrected chi connectivity index (χ1v) is 11.0. The monoisotopic (exact) mass is 416 g/mol. The van der Waals surface area contributed by atoms with E-state index in [1.807, 2.05) is 18.2 Å². The highest BCUT2D eigenvalue weighted by molar-refractivity contribution is 5.85. The van der Waals surface area contributed by atoms with Crippen LogP contribution in [-0.2, 0) is 14.3 Å². The number of nitrogens with one attached hydrogen (secondary N) is 2. The smallest absolute Gasteiger partial charge is 0.243 e. The lowest BCUT2D eigenvalue weighted by atomic mass is 9.86. The molecule has 166 valence electrons. The van der Waals surface area contributed by atoms with Crippen molar-refractivity contribution in [1.29, 1.82) is 0 Å². The highest BCUT2D eigenvalue weighted by atomic mass is 16.7. The Bertz CT molecular complexity index is 714. The van der Waals surface area contributed by atoms with Crippen LogP contribution in [0.4, 0.5) is 0 Å². The Kier molecular flexibility index (Phi) is 7.72. The molecule has 7 heteroatoms. The zero-order chi connectivity index (χ0) is 21.6. The normalized spacial score (nSPS) is 27.7. The third kappa shape index (κ3) is 6.19. The van der Waals surface area contributed by atoms with Crippen LogP contribution in [0.3, 0.4) is 0 Å². The number of hydrogen-bond donors (Lipinski definition) is 2. The minimum absolute atomic E-state index is 0.0259. The number of aliphatic imine (C=N–C) groups is 1. The minimum atomic E-state index is -0.401. The van der Waals surface area contributed by atoms with Gasteiger partial charge in [-0.15, -0.1) is 0 Å². The van der Waals surface area contributed by atoms with Gasteiger partial charge in [0.2, 0.25) is 5.91 Å². The van der Waals surface area contributed by atoms with Crippen LogP contribution in [0.15, 0.2) is 35.3 Å². The zero-order valence-corrected chi connectivity index (χ0v) is 18.7. The van der Waals surface area contributed by atoms with Crippen molar-refractivity contribution >= 4 is 11.9 Å². The molecule has 0 radical (unpaired) electrons. The lowest BCUT2D eigenvalue weighted by Gasteiger charge is -2.34. The van der Waals surface area contributed by atoms with Crippen molar-refractivity contribution in [2.24, 2.45) is 10.9 Å². The average molecular weight is 417 g/mol. The van der Waals surface area contributed by atoms with Crippen LogP contribution in [0, 0.1) is 5.92 Å². The number of nitrogens with zero attached hydrogens (tertiary/aromatic N) is 2. The molecule has 1 saturated carbocycles. The standard InChI is InChI=1S/C23H36N4O3/c1-17-10-12-23(13-11-17)29-16-20(30-23)14-24-22(25-15-21(28)27(3)4)26-18(2)19-8-6-5-7-9-19/h5-9,17-18,20H,10-16H2,1-4H3,(H2,24,25,26). The van der Waals surface area contributed by atoms with Crippen molar-refractivity contribution in [2.75, 3.05) is 33.8 Å². The van der Waals surface area contributed by atoms with Crippen LogP contribution in [-0.4, -0.2) is 62.4 Å². The van der Waals surface area contributed by atoms with Crippen LogP contribution in [0.2, 0.25) is 0 Å². The number of likely N-dealkylation sites (N-methyl/N-ethyl adjacent to an activating group) is 1. The number of hydrogen-bond acceptors (Lipinski definition) is 4. The summed E-state index contributed by atoms with van der Waals surface area (Å²) in [6.45, 7) is 5.62. The Morgan fingerprint density at radius 3 is 2.63 bits per heavy atom. The van der Waals surface area contributed by atoms with Gasteiger partial charge in [0.15, 0.2) is 11.7 Å². The van der Waals surface area contributed by atoms with E-state index in [1.54, 1.807) is 19.0 Å². The van der Waals surface area contributed by atoms with Gasteiger partial charge in [0, 0.05) is 33.5 Å². The van der Waals surface area contributed by atoms with Gasteiger partial charge < -0.3 is 25.0 Å². The third-order valence-electron chi connectivity index (χ3n) is 5.97. The van der Waals surface area contributed by atoms with Gasteiger partial charge in [-0.1, -0.05) is 37.3 Å². The summed E-state index contributed by atoms with van der Waals surface area (Å²) >= 11 is 0. The number of guanidine groups is 1. The van der Waals surface area contributed by atoms with Crippen LogP contribution < -0.4 is 10.6 Å². The molecule has 1 aromatic rings. The Balaban J connectivity index is 1.58. The van der Waals surface area contributed by atoms with Crippen molar-refractivity contribution in [3.63, 3.8) is 0 Å². The van der Waals surface area contributed by atoms with E-state index in [-0.39, 0.29) is 24.6 Å². The Morgan fingerprint density at radius 2 is 1.97 bits per heavy atom. The molecule has 1 saturated heterocycles. The highest BCUT2D eigenvalue weighted by Gasteiger charge is 2.43. The average Bonchev–Trinajstić information content (AvgIpc) is 3.15. The number of carbonyl (C=O) groups excluding carboxylic acids is 1. The van der Waals surface area contributed by atoms with Gasteiger partial charge in [0.25, 0.3) is 0 Å². The molecule has 1 spiro atoms. The second-order valence-corrected chi connectivity index (χ2v) is 8.75. The molecule has 30 heavy (non-hydrogen) atoms. The molecule has 1 aliphatic heterocycles. The molecule has 1 aliphatic carbocycles. The van der Waals surface area contributed by atoms with Crippen molar-refractivity contribution < 1.29 is 14.3 Å². The Labute approximate surface area is 180 Å². The van der Waals surface area contributed by atoms with E-state index >= 15 is 0 Å². The third-order valence-corrected chi connectivity index (χ3v) is 5.97. The first kappa shape index (κ1) is 22.6. The van der Waals surface area contributed by atoms with Crippen molar-refractivity contribution in [3.8, 4) is 0 Å². The predicted octanol–water partition coefficient (Wildman–Crippen LogP) is 2.69. The van der Waals surface area contributed by atoms with Crippen molar-refractivity contribution in [2.45, 2.75) is 57.5 Å². The molecule has 0 aromatic heterocycles. The van der Waals surface area contributed by atoms with Gasteiger partial charge >= 0.3 is 0 Å². The van der Waals surface area contributed by atoms with Crippen molar-refractivity contribution in [3.05, 3.63) is 35.9 Å². The lowest BCUT2D eigenvalue weighted by molar-refractivity contribution is -0.191. The second-order valence-electron chi connectivity index (χ2n) is 8.75. The molecule has 1 amide bonds. The molecule has 2 aliphatic rings. The predicted molar refractivity (Wildman–Crippen MR) is 118 cm³/mol. The van der Waals surface area contributed by atoms with Gasteiger partial charge in [-0.05, 0) is 31.2 Å². The zero-order valence-electron chi connectivity index (χ0n) is 18.7. The summed E-state index contributed by atoms with van der Waals surface area (Å²) in [7, 11) is 3.47. The summed E-state index contributed by atoms with van der Waals surface area (Å²) in [4.78, 5) is 18.0. The SMILES string of the molecule is CC1CCC2(CC1)OCC(CNC(=NCC(=O)N(C)C)NC(C)c1ccccc1)O2. The molecule has 2 unspecified atom stereocenters. The van der Waals surface area contributed by atoms with Crippen LogP contribution in [0.5, 0.6) is 0 Å². The fraction of sp³-hybridized carbons (Fsp3) is 0.652. The van der Waals surface area contributed by atoms with E-state index in [9.17, 15) is 4.79 Å². The lowest BCUT2D eigenvalue weighted by Crippen LogP contribution is -2.44. The molecule has 0 bridgehead atoms. The van der Waals surface area contributed by atoms with E-state index in [0.717, 1.165) is 37.2 Å². The summed E-state index contributed by atoms with van der Waals surface area (Å²) in [5, 5.41) is 6.75. The summed E-state index contributed by atoms with van der Waals surface area (Å²) in [6, 6.07) is 10.2. The number of carbonyl (C=O) groups is 1. The van der Waals surface area contributed by atoms with Gasteiger partial charge in [-0.2, -0.15) is 0 Å². The molecule has 2 atom stereocenters. The first-order valence-electron chi connectivity index (χ1n) is 11.0. The molecular weight excluding hydrogens is 380 g/mol. The summed E-state index contributed by atoms with van der Waals surface area (Å²) in [6.07, 6.45) is 4.20. The molecule has 2 N–H and O–H groups in total. The number of rotatable bonds is 6. The van der Waals surface area contributed by atoms with E-state index in [0.29, 0.717) is 19.1 Å². The van der Waals surface area contributed by atoms with Gasteiger partial charge in [-0.25, -0.2) is 4.99 Å². The van der Waals surface area contributed by atoms with Gasteiger partial charge in [-0.3, -0.25) is 4.79 Å². The highest BCUT2D eigenvalue weighted by Crippen LogP contribution is 2.39. The molecule has 3 rings (SSSR count). The van der Waals surface area contributed by atoms with Crippen LogP contribution in [0.1, 0.15) is 51.1 Å². The van der Waals surface area contributed by atoms with Gasteiger partial charge in [0.05, 0.1) is 12.6 Å². The number of ether oxygens (including phenoxy) is 2. The quantitative estimate of drug-likeness (QED) is 0.551. The van der Waals surface area contributed by atoms with Crippen molar-refractivity contribution in [1.82, 2.24) is 15.5 Å². The van der Waals surface area contributed by atoms with Crippen LogP contribution in [0.25, 0.3) is 0 Å². The maximum Gasteiger partial charge on any atom is 0.243 e. The first-order chi connectivity index (χ1) is 14.4. The molecule has 7 nitrogen and oxygen atoms in total. The van der Waals surface area contributed by atoms with E-state index < -0.39 is 5.79 Å². The van der Waals surface area contributed by atoms with Gasteiger partial charge in [0.1, 0.15) is 12.6 Å². The molecule has 2 fully saturated rings. The summed E-state index contributed by atoms with van der Waals surface area (Å²) in [5.41, 5.74) is 1.15. The Hall–Kier alpha value is -2.12.